The summed E-state index contributed by atoms with van der Waals surface area (Å²) in [4.78, 5) is 0. The number of benzene rings is 2. The first-order chi connectivity index (χ1) is 13.7. The van der Waals surface area contributed by atoms with Crippen LogP contribution in [0.15, 0.2) is 49.1 Å². The molecule has 0 N–H and O–H groups in total. The Labute approximate surface area is 167 Å². The van der Waals surface area contributed by atoms with Gasteiger partial charge >= 0.3 is 0 Å². The average Bonchev–Trinajstić information content (AvgIpc) is 2.71. The molecule has 152 valence electrons. The standard InChI is InChI=1S/C24H30F2O2/c1-3-5-7-8-9-10-18-28-22-16-15-21(23(25)24(22)26)19-11-13-20(14-12-19)27-17-6-4-2/h4,11-16H,2-3,5-10,17-18H2,1H3. The second kappa shape index (κ2) is 12.2. The van der Waals surface area contributed by atoms with Gasteiger partial charge in [0.25, 0.3) is 0 Å². The summed E-state index contributed by atoms with van der Waals surface area (Å²) in [6.45, 7) is 6.76. The van der Waals surface area contributed by atoms with Gasteiger partial charge in [0.15, 0.2) is 11.6 Å². The van der Waals surface area contributed by atoms with E-state index in [1.54, 1.807) is 36.4 Å². The van der Waals surface area contributed by atoms with Crippen LogP contribution < -0.4 is 9.47 Å². The highest BCUT2D eigenvalue weighted by Gasteiger charge is 2.15. The molecule has 0 bridgehead atoms. The number of hydrogen-bond donors (Lipinski definition) is 0. The lowest BCUT2D eigenvalue weighted by Crippen LogP contribution is -2.02. The first kappa shape index (κ1) is 21.9. The van der Waals surface area contributed by atoms with Crippen molar-refractivity contribution in [2.45, 2.75) is 51.9 Å². The van der Waals surface area contributed by atoms with Gasteiger partial charge in [0.2, 0.25) is 5.82 Å². The maximum Gasteiger partial charge on any atom is 0.201 e. The predicted molar refractivity (Wildman–Crippen MR) is 111 cm³/mol. The summed E-state index contributed by atoms with van der Waals surface area (Å²) in [5.41, 5.74) is 0.803. The highest BCUT2D eigenvalue weighted by Crippen LogP contribution is 2.31. The molecule has 0 spiro atoms. The average molecular weight is 388 g/mol. The van der Waals surface area contributed by atoms with Crippen molar-refractivity contribution in [3.63, 3.8) is 0 Å². The Kier molecular flexibility index (Phi) is 9.53. The Morgan fingerprint density at radius 2 is 1.54 bits per heavy atom. The van der Waals surface area contributed by atoms with Crippen molar-refractivity contribution < 1.29 is 18.3 Å². The first-order valence-electron chi connectivity index (χ1n) is 10.1. The first-order valence-corrected chi connectivity index (χ1v) is 10.1. The molecule has 0 heterocycles. The van der Waals surface area contributed by atoms with Crippen LogP contribution in [0.1, 0.15) is 51.9 Å². The lowest BCUT2D eigenvalue weighted by atomic mass is 10.0. The second-order valence-corrected chi connectivity index (χ2v) is 6.81. The van der Waals surface area contributed by atoms with Crippen molar-refractivity contribution in [3.8, 4) is 22.6 Å². The van der Waals surface area contributed by atoms with E-state index in [0.29, 0.717) is 24.5 Å². The van der Waals surface area contributed by atoms with Crippen LogP contribution in [-0.4, -0.2) is 13.2 Å². The number of rotatable bonds is 13. The van der Waals surface area contributed by atoms with Crippen LogP contribution in [0.5, 0.6) is 11.5 Å². The minimum absolute atomic E-state index is 0.0285. The van der Waals surface area contributed by atoms with Gasteiger partial charge in [0.1, 0.15) is 5.75 Å². The molecule has 0 aliphatic heterocycles. The van der Waals surface area contributed by atoms with E-state index >= 15 is 0 Å². The van der Waals surface area contributed by atoms with Crippen LogP contribution in [0.4, 0.5) is 8.78 Å². The van der Waals surface area contributed by atoms with Crippen molar-refractivity contribution in [1.29, 1.82) is 0 Å². The van der Waals surface area contributed by atoms with Gasteiger partial charge in [-0.15, -0.1) is 6.58 Å². The third kappa shape index (κ3) is 6.66. The minimum atomic E-state index is -0.935. The Hall–Kier alpha value is -2.36. The molecule has 2 nitrogen and oxygen atoms in total. The summed E-state index contributed by atoms with van der Waals surface area (Å²) in [6.07, 6.45) is 9.24. The van der Waals surface area contributed by atoms with E-state index in [2.05, 4.69) is 13.5 Å². The topological polar surface area (TPSA) is 18.5 Å². The Morgan fingerprint density at radius 1 is 0.821 bits per heavy atom. The van der Waals surface area contributed by atoms with Crippen molar-refractivity contribution in [1.82, 2.24) is 0 Å². The molecule has 28 heavy (non-hydrogen) atoms. The predicted octanol–water partition coefficient (Wildman–Crippen LogP) is 7.33. The monoisotopic (exact) mass is 388 g/mol. The van der Waals surface area contributed by atoms with Gasteiger partial charge in [-0.2, -0.15) is 4.39 Å². The number of unbranched alkanes of at least 4 members (excludes halogenated alkanes) is 5. The Balaban J connectivity index is 1.92. The Bertz CT molecular complexity index is 726. The molecule has 2 rings (SSSR count). The molecule has 0 radical (unpaired) electrons. The van der Waals surface area contributed by atoms with Crippen LogP contribution >= 0.6 is 0 Å². The molecule has 0 amide bonds. The van der Waals surface area contributed by atoms with Crippen LogP contribution in [0.3, 0.4) is 0 Å². The van der Waals surface area contributed by atoms with E-state index in [9.17, 15) is 8.78 Å². The third-order valence-corrected chi connectivity index (χ3v) is 4.56. The number of halogens is 2. The molecule has 0 saturated carbocycles. The summed E-state index contributed by atoms with van der Waals surface area (Å²) in [6, 6.07) is 10.00. The molecular weight excluding hydrogens is 358 g/mol. The molecule has 0 unspecified atom stereocenters. The fourth-order valence-corrected chi connectivity index (χ4v) is 2.92. The van der Waals surface area contributed by atoms with E-state index in [0.717, 1.165) is 25.7 Å². The fourth-order valence-electron chi connectivity index (χ4n) is 2.92. The summed E-state index contributed by atoms with van der Waals surface area (Å²) < 4.78 is 39.9. The van der Waals surface area contributed by atoms with Crippen LogP contribution in [0.2, 0.25) is 0 Å². The minimum Gasteiger partial charge on any atom is -0.493 e. The zero-order chi connectivity index (χ0) is 20.2. The molecule has 2 aromatic carbocycles. The van der Waals surface area contributed by atoms with Gasteiger partial charge in [-0.3, -0.25) is 0 Å². The lowest BCUT2D eigenvalue weighted by Gasteiger charge is -2.11. The lowest BCUT2D eigenvalue weighted by molar-refractivity contribution is 0.285. The largest absolute Gasteiger partial charge is 0.493 e. The Morgan fingerprint density at radius 3 is 2.25 bits per heavy atom. The van der Waals surface area contributed by atoms with Crippen molar-refractivity contribution >= 4 is 0 Å². The van der Waals surface area contributed by atoms with Crippen molar-refractivity contribution in [2.24, 2.45) is 0 Å². The SMILES string of the molecule is C=CCCOc1ccc(-c2ccc(OCCCCCCCC)c(F)c2F)cc1. The van der Waals surface area contributed by atoms with Crippen molar-refractivity contribution in [3.05, 3.63) is 60.7 Å². The maximum atomic E-state index is 14.5. The van der Waals surface area contributed by atoms with E-state index < -0.39 is 11.6 Å². The summed E-state index contributed by atoms with van der Waals surface area (Å²) in [5, 5.41) is 0. The van der Waals surface area contributed by atoms with Crippen LogP contribution in [0, 0.1) is 11.6 Å². The molecule has 0 aromatic heterocycles. The molecule has 0 fully saturated rings. The van der Waals surface area contributed by atoms with Crippen LogP contribution in [0.25, 0.3) is 11.1 Å². The van der Waals surface area contributed by atoms with E-state index in [1.165, 1.54) is 25.3 Å². The summed E-state index contributed by atoms with van der Waals surface area (Å²) in [5.74, 6) is -1.17. The van der Waals surface area contributed by atoms with Crippen molar-refractivity contribution in [2.75, 3.05) is 13.2 Å². The quantitative estimate of drug-likeness (QED) is 0.264. The zero-order valence-corrected chi connectivity index (χ0v) is 16.7. The van der Waals surface area contributed by atoms with E-state index in [-0.39, 0.29) is 11.3 Å². The van der Waals surface area contributed by atoms with Gasteiger partial charge < -0.3 is 9.47 Å². The molecule has 0 saturated heterocycles. The van der Waals surface area contributed by atoms with E-state index in [1.807, 2.05) is 0 Å². The molecule has 0 atom stereocenters. The van der Waals surface area contributed by atoms with E-state index in [4.69, 9.17) is 9.47 Å². The van der Waals surface area contributed by atoms with Gasteiger partial charge in [-0.05, 0) is 42.7 Å². The van der Waals surface area contributed by atoms with Gasteiger partial charge in [0, 0.05) is 5.56 Å². The van der Waals surface area contributed by atoms with Gasteiger partial charge in [0.05, 0.1) is 13.2 Å². The van der Waals surface area contributed by atoms with Gasteiger partial charge in [-0.1, -0.05) is 57.2 Å². The summed E-state index contributed by atoms with van der Waals surface area (Å²) in [7, 11) is 0. The summed E-state index contributed by atoms with van der Waals surface area (Å²) >= 11 is 0. The highest BCUT2D eigenvalue weighted by molar-refractivity contribution is 5.66. The van der Waals surface area contributed by atoms with Gasteiger partial charge in [-0.25, -0.2) is 4.39 Å². The van der Waals surface area contributed by atoms with Crippen LogP contribution in [-0.2, 0) is 0 Å². The fraction of sp³-hybridized carbons (Fsp3) is 0.417. The maximum absolute atomic E-state index is 14.5. The molecule has 0 aliphatic carbocycles. The molecule has 0 aliphatic rings. The zero-order valence-electron chi connectivity index (χ0n) is 16.7. The molecule has 2 aromatic rings. The smallest absolute Gasteiger partial charge is 0.201 e. The normalized spacial score (nSPS) is 10.7. The molecule has 4 heteroatoms. The number of ether oxygens (including phenoxy) is 2. The highest BCUT2D eigenvalue weighted by atomic mass is 19.2. The third-order valence-electron chi connectivity index (χ3n) is 4.56. The number of hydrogen-bond acceptors (Lipinski definition) is 2. The molecular formula is C24H30F2O2. The second-order valence-electron chi connectivity index (χ2n) is 6.81.